The predicted octanol–water partition coefficient (Wildman–Crippen LogP) is 0.504. The Bertz CT molecular complexity index is 506. The minimum Gasteiger partial charge on any atom is -0.456 e. The Labute approximate surface area is 152 Å². The summed E-state index contributed by atoms with van der Waals surface area (Å²) in [5.41, 5.74) is 0. The molecule has 0 N–H and O–H groups in total. The second kappa shape index (κ2) is 9.16. The topological polar surface area (TPSA) is 114 Å². The Balaban J connectivity index is 3.23. The molecule has 1 unspecified atom stereocenters. The van der Waals surface area contributed by atoms with Crippen LogP contribution in [0.3, 0.4) is 0 Å². The van der Waals surface area contributed by atoms with Gasteiger partial charge in [0.15, 0.2) is 12.2 Å². The van der Waals surface area contributed by atoms with Crippen LogP contribution >= 0.6 is 22.6 Å². The normalized spacial score (nSPS) is 29.3. The van der Waals surface area contributed by atoms with Gasteiger partial charge in [-0.3, -0.25) is 19.2 Å². The fourth-order valence-electron chi connectivity index (χ4n) is 2.24. The summed E-state index contributed by atoms with van der Waals surface area (Å²) in [6.07, 6.45) is -5.47. The van der Waals surface area contributed by atoms with Crippen molar-refractivity contribution in [2.75, 3.05) is 4.43 Å². The fourth-order valence-corrected chi connectivity index (χ4v) is 2.95. The van der Waals surface area contributed by atoms with Crippen molar-refractivity contribution < 1.29 is 42.9 Å². The molecule has 0 spiro atoms. The van der Waals surface area contributed by atoms with Gasteiger partial charge in [-0.25, -0.2) is 0 Å². The van der Waals surface area contributed by atoms with Crippen LogP contribution in [-0.4, -0.2) is 59.0 Å². The Morgan fingerprint density at radius 1 is 0.750 bits per heavy atom. The third kappa shape index (κ3) is 5.89. The molecule has 1 saturated heterocycles. The van der Waals surface area contributed by atoms with Crippen LogP contribution in [-0.2, 0) is 42.9 Å². The minimum atomic E-state index is -1.29. The van der Waals surface area contributed by atoms with Crippen LogP contribution < -0.4 is 0 Å². The summed E-state index contributed by atoms with van der Waals surface area (Å²) in [4.78, 5) is 45.5. The van der Waals surface area contributed by atoms with Crippen molar-refractivity contribution in [2.24, 2.45) is 0 Å². The highest BCUT2D eigenvalue weighted by Gasteiger charge is 2.52. The fraction of sp³-hybridized carbons (Fsp3) is 0.714. The van der Waals surface area contributed by atoms with E-state index in [9.17, 15) is 19.2 Å². The minimum absolute atomic E-state index is 0.345. The second-order valence-electron chi connectivity index (χ2n) is 5.03. The smallest absolute Gasteiger partial charge is 0.305 e. The number of alkyl halides is 1. The van der Waals surface area contributed by atoms with Crippen LogP contribution in [0.25, 0.3) is 0 Å². The number of carbonyl (C=O) groups is 4. The van der Waals surface area contributed by atoms with Crippen LogP contribution in [0.4, 0.5) is 0 Å². The largest absolute Gasteiger partial charge is 0.456 e. The van der Waals surface area contributed by atoms with E-state index in [2.05, 4.69) is 0 Å². The lowest BCUT2D eigenvalue weighted by atomic mass is 9.99. The standard InChI is InChI=1S/C14H19IO9/c1-6(16)20-11-10(5-15)24-14(23-9(4)19)13(22-8(3)18)12(11)21-7(2)17/h10-14H,5H2,1-4H3/t10-,11+,12+,13-,14?/m0/s1. The molecule has 0 aromatic carbocycles. The molecule has 0 radical (unpaired) electrons. The Morgan fingerprint density at radius 2 is 1.17 bits per heavy atom. The molecule has 1 aliphatic heterocycles. The van der Waals surface area contributed by atoms with Crippen LogP contribution in [0.5, 0.6) is 0 Å². The van der Waals surface area contributed by atoms with Gasteiger partial charge in [0.2, 0.25) is 12.4 Å². The summed E-state index contributed by atoms with van der Waals surface area (Å²) < 4.78 is 26.5. The zero-order valence-electron chi connectivity index (χ0n) is 13.6. The molecule has 5 atom stereocenters. The van der Waals surface area contributed by atoms with Crippen LogP contribution in [0.15, 0.2) is 0 Å². The predicted molar refractivity (Wildman–Crippen MR) is 86.0 cm³/mol. The maximum Gasteiger partial charge on any atom is 0.305 e. The van der Waals surface area contributed by atoms with E-state index in [1.807, 2.05) is 22.6 Å². The summed E-state index contributed by atoms with van der Waals surface area (Å²) in [6, 6.07) is 0. The van der Waals surface area contributed by atoms with Gasteiger partial charge in [0, 0.05) is 32.1 Å². The van der Waals surface area contributed by atoms with Gasteiger partial charge in [-0.2, -0.15) is 0 Å². The van der Waals surface area contributed by atoms with Gasteiger partial charge in [0.25, 0.3) is 0 Å². The van der Waals surface area contributed by atoms with Crippen molar-refractivity contribution in [3.05, 3.63) is 0 Å². The molecule has 0 bridgehead atoms. The van der Waals surface area contributed by atoms with Crippen LogP contribution in [0, 0.1) is 0 Å². The van der Waals surface area contributed by atoms with Crippen LogP contribution in [0.2, 0.25) is 0 Å². The first-order valence-electron chi connectivity index (χ1n) is 7.06. The molecule has 1 aliphatic rings. The second-order valence-corrected chi connectivity index (χ2v) is 5.91. The molecule has 0 aromatic heterocycles. The summed E-state index contributed by atoms with van der Waals surface area (Å²) in [6.45, 7) is 4.65. The molecule has 0 aromatic rings. The molecule has 10 heteroatoms. The average Bonchev–Trinajstić information content (AvgIpc) is 2.42. The van der Waals surface area contributed by atoms with Gasteiger partial charge >= 0.3 is 23.9 Å². The maximum absolute atomic E-state index is 11.4. The van der Waals surface area contributed by atoms with Crippen molar-refractivity contribution in [2.45, 2.75) is 58.4 Å². The zero-order valence-corrected chi connectivity index (χ0v) is 15.8. The Morgan fingerprint density at radius 3 is 1.58 bits per heavy atom. The number of ether oxygens (including phenoxy) is 5. The molecule has 1 fully saturated rings. The third-order valence-corrected chi connectivity index (χ3v) is 3.80. The quantitative estimate of drug-likeness (QED) is 0.252. The van der Waals surface area contributed by atoms with E-state index in [0.717, 1.165) is 20.8 Å². The number of esters is 4. The van der Waals surface area contributed by atoms with Crippen molar-refractivity contribution >= 4 is 46.5 Å². The SMILES string of the molecule is CC(=O)OC1O[C@@H](CI)[C@@H](OC(C)=O)[C@@H](OC(C)=O)[C@@H]1OC(C)=O. The zero-order chi connectivity index (χ0) is 18.4. The summed E-state index contributed by atoms with van der Waals surface area (Å²) in [5.74, 6) is -2.67. The van der Waals surface area contributed by atoms with E-state index in [1.54, 1.807) is 0 Å². The summed E-state index contributed by atoms with van der Waals surface area (Å²) in [7, 11) is 0. The molecule has 1 heterocycles. The molecule has 0 aliphatic carbocycles. The molecule has 9 nitrogen and oxygen atoms in total. The Hall–Kier alpha value is -1.43. The maximum atomic E-state index is 11.4. The van der Waals surface area contributed by atoms with Gasteiger partial charge in [0.05, 0.1) is 0 Å². The van der Waals surface area contributed by atoms with Gasteiger partial charge in [-0.05, 0) is 0 Å². The number of carbonyl (C=O) groups excluding carboxylic acids is 4. The van der Waals surface area contributed by atoms with E-state index >= 15 is 0 Å². The van der Waals surface area contributed by atoms with Crippen molar-refractivity contribution in [3.8, 4) is 0 Å². The first kappa shape index (κ1) is 20.6. The first-order valence-corrected chi connectivity index (χ1v) is 8.58. The highest BCUT2D eigenvalue weighted by Crippen LogP contribution is 2.30. The van der Waals surface area contributed by atoms with Crippen molar-refractivity contribution in [3.63, 3.8) is 0 Å². The van der Waals surface area contributed by atoms with Crippen molar-refractivity contribution in [1.82, 2.24) is 0 Å². The lowest BCUT2D eigenvalue weighted by Gasteiger charge is -2.43. The number of hydrogen-bond donors (Lipinski definition) is 0. The monoisotopic (exact) mass is 458 g/mol. The first-order chi connectivity index (χ1) is 11.1. The summed E-state index contributed by atoms with van der Waals surface area (Å²) >= 11 is 1.98. The molecule has 136 valence electrons. The third-order valence-electron chi connectivity index (χ3n) is 2.93. The van der Waals surface area contributed by atoms with Gasteiger partial charge in [0.1, 0.15) is 6.10 Å². The van der Waals surface area contributed by atoms with E-state index in [1.165, 1.54) is 6.92 Å². The van der Waals surface area contributed by atoms with E-state index in [-0.39, 0.29) is 0 Å². The molecule has 1 rings (SSSR count). The lowest BCUT2D eigenvalue weighted by molar-refractivity contribution is -0.291. The van der Waals surface area contributed by atoms with Crippen LogP contribution in [0.1, 0.15) is 27.7 Å². The molecule has 0 saturated carbocycles. The molecule has 24 heavy (non-hydrogen) atoms. The molecular formula is C14H19IO9. The number of hydrogen-bond acceptors (Lipinski definition) is 9. The van der Waals surface area contributed by atoms with Gasteiger partial charge < -0.3 is 23.7 Å². The molecule has 0 amide bonds. The summed E-state index contributed by atoms with van der Waals surface area (Å²) in [5, 5.41) is 0. The van der Waals surface area contributed by atoms with E-state index in [0.29, 0.717) is 4.43 Å². The van der Waals surface area contributed by atoms with Crippen molar-refractivity contribution in [1.29, 1.82) is 0 Å². The van der Waals surface area contributed by atoms with Gasteiger partial charge in [-0.15, -0.1) is 0 Å². The lowest BCUT2D eigenvalue weighted by Crippen LogP contribution is -2.62. The highest BCUT2D eigenvalue weighted by atomic mass is 127. The number of halogens is 1. The molecular weight excluding hydrogens is 439 g/mol. The van der Waals surface area contributed by atoms with E-state index < -0.39 is 54.6 Å². The average molecular weight is 458 g/mol. The highest BCUT2D eigenvalue weighted by molar-refractivity contribution is 14.1. The number of rotatable bonds is 5. The van der Waals surface area contributed by atoms with E-state index in [4.69, 9.17) is 23.7 Å². The Kier molecular flexibility index (Phi) is 7.87. The van der Waals surface area contributed by atoms with Gasteiger partial charge in [-0.1, -0.05) is 22.6 Å².